The van der Waals surface area contributed by atoms with E-state index in [1.807, 2.05) is 14.1 Å². The quantitative estimate of drug-likeness (QED) is 0.382. The second-order valence-corrected chi connectivity index (χ2v) is 11.8. The molecule has 13 heteroatoms. The van der Waals surface area contributed by atoms with Gasteiger partial charge >= 0.3 is 0 Å². The van der Waals surface area contributed by atoms with E-state index in [0.29, 0.717) is 17.1 Å². The highest BCUT2D eigenvalue weighted by molar-refractivity contribution is 7.93. The van der Waals surface area contributed by atoms with Gasteiger partial charge in [-0.05, 0) is 45.1 Å². The van der Waals surface area contributed by atoms with Crippen molar-refractivity contribution in [2.24, 2.45) is 0 Å². The number of hydrogen-bond acceptors (Lipinski definition) is 9. The Bertz CT molecular complexity index is 1360. The van der Waals surface area contributed by atoms with Crippen LogP contribution < -0.4 is 19.1 Å². The summed E-state index contributed by atoms with van der Waals surface area (Å²) in [7, 11) is 2.26. The number of hydrogen-bond donors (Lipinski definition) is 1. The summed E-state index contributed by atoms with van der Waals surface area (Å²) in [6.45, 7) is -0.252. The van der Waals surface area contributed by atoms with E-state index in [9.17, 15) is 8.42 Å². The van der Waals surface area contributed by atoms with Crippen LogP contribution in [-0.2, 0) is 16.6 Å². The molecule has 0 spiro atoms. The molecule has 2 aromatic carbocycles. The van der Waals surface area contributed by atoms with Crippen LogP contribution in [0.1, 0.15) is 31.2 Å². The number of nitrogens with zero attached hydrogens (tertiary/aromatic N) is 4. The number of ether oxygens (including phenoxy) is 2. The number of sulfonamides is 1. The third-order valence-corrected chi connectivity index (χ3v) is 9.25. The fourth-order valence-electron chi connectivity index (χ4n) is 4.72. The second-order valence-electron chi connectivity index (χ2n) is 9.24. The molecule has 38 heavy (non-hydrogen) atoms. The number of rotatable bonds is 10. The predicted octanol–water partition coefficient (Wildman–Crippen LogP) is 4.51. The van der Waals surface area contributed by atoms with Gasteiger partial charge in [0.25, 0.3) is 10.0 Å². The molecule has 1 fully saturated rings. The Morgan fingerprint density at radius 3 is 2.50 bits per heavy atom. The van der Waals surface area contributed by atoms with E-state index in [0.717, 1.165) is 53.7 Å². The van der Waals surface area contributed by atoms with E-state index >= 15 is 8.78 Å². The molecule has 206 valence electrons. The lowest BCUT2D eigenvalue weighted by atomic mass is 9.89. The van der Waals surface area contributed by atoms with Gasteiger partial charge in [0.05, 0.1) is 26.5 Å². The van der Waals surface area contributed by atoms with Crippen LogP contribution in [0.3, 0.4) is 0 Å². The van der Waals surface area contributed by atoms with Gasteiger partial charge in [0.15, 0.2) is 0 Å². The maximum absolute atomic E-state index is 15.4. The zero-order valence-corrected chi connectivity index (χ0v) is 23.3. The summed E-state index contributed by atoms with van der Waals surface area (Å²) >= 11 is 0.819. The van der Waals surface area contributed by atoms with Gasteiger partial charge < -0.3 is 19.7 Å². The fraction of sp³-hybridized carbons (Fsp3) is 0.440. The zero-order valence-electron chi connectivity index (χ0n) is 21.6. The molecule has 3 aromatic rings. The Morgan fingerprint density at radius 1 is 1.08 bits per heavy atom. The Kier molecular flexibility index (Phi) is 8.68. The van der Waals surface area contributed by atoms with Crippen molar-refractivity contribution in [2.45, 2.75) is 49.2 Å². The number of benzene rings is 2. The Balaban J connectivity index is 1.69. The van der Waals surface area contributed by atoms with E-state index in [2.05, 4.69) is 19.6 Å². The van der Waals surface area contributed by atoms with E-state index < -0.39 is 26.6 Å². The number of nitrogens with one attached hydrogen (secondary N) is 1. The molecule has 0 radical (unpaired) electrons. The van der Waals surface area contributed by atoms with Gasteiger partial charge in [0, 0.05) is 41.3 Å². The monoisotopic (exact) mass is 567 g/mol. The number of halogens is 2. The van der Waals surface area contributed by atoms with Gasteiger partial charge in [-0.15, -0.1) is 0 Å². The average molecular weight is 568 g/mol. The normalized spacial score (nSPS) is 17.9. The third-order valence-electron chi connectivity index (χ3n) is 6.69. The topological polar surface area (TPSA) is 96.9 Å². The highest BCUT2D eigenvalue weighted by Crippen LogP contribution is 2.34. The van der Waals surface area contributed by atoms with Crippen LogP contribution in [0, 0.1) is 11.6 Å². The fourth-order valence-corrected chi connectivity index (χ4v) is 6.91. The van der Waals surface area contributed by atoms with E-state index in [1.165, 1.54) is 20.5 Å². The maximum atomic E-state index is 15.4. The standard InChI is InChI=1S/C25H31F2N5O4S2/c1-31(2)22-8-6-5-7-20(22)30-21-12-19(27)24(13-18(21)26)38(33,34)32(25-28-15-29-37-25)14-16-9-10-17(35-3)11-23(16)36-4/h9-13,15,20,22,30H,5-8,14H2,1-4H3/t20-,22-/m0/s1. The SMILES string of the molecule is COc1ccc(CN(c2ncns2)S(=O)(=O)c2cc(F)c(N[C@H]3CCCC[C@@H]3N(C)C)cc2F)c(OC)c1. The number of likely N-dealkylation sites (N-methyl/N-ethyl adjacent to an activating group) is 1. The minimum absolute atomic E-state index is 0.000844. The lowest BCUT2D eigenvalue weighted by molar-refractivity contribution is 0.211. The number of aromatic nitrogens is 2. The summed E-state index contributed by atoms with van der Waals surface area (Å²) < 4.78 is 73.6. The van der Waals surface area contributed by atoms with Crippen LogP contribution in [0.15, 0.2) is 41.6 Å². The smallest absolute Gasteiger partial charge is 0.269 e. The zero-order chi connectivity index (χ0) is 27.4. The van der Waals surface area contributed by atoms with Gasteiger partial charge in [-0.2, -0.15) is 4.37 Å². The van der Waals surface area contributed by atoms with Crippen LogP contribution in [-0.4, -0.2) is 63.1 Å². The van der Waals surface area contributed by atoms with Crippen molar-refractivity contribution < 1.29 is 26.7 Å². The molecular weight excluding hydrogens is 536 g/mol. The van der Waals surface area contributed by atoms with Gasteiger partial charge in [-0.3, -0.25) is 0 Å². The van der Waals surface area contributed by atoms with Crippen molar-refractivity contribution in [1.82, 2.24) is 14.3 Å². The number of anilines is 2. The van der Waals surface area contributed by atoms with E-state index in [-0.39, 0.29) is 29.4 Å². The molecule has 9 nitrogen and oxygen atoms in total. The largest absolute Gasteiger partial charge is 0.497 e. The molecule has 0 bridgehead atoms. The minimum atomic E-state index is -4.59. The first-order chi connectivity index (χ1) is 18.1. The summed E-state index contributed by atoms with van der Waals surface area (Å²) in [5, 5.41) is 3.11. The van der Waals surface area contributed by atoms with Crippen LogP contribution >= 0.6 is 11.5 Å². The van der Waals surface area contributed by atoms with E-state index in [1.54, 1.807) is 18.2 Å². The van der Waals surface area contributed by atoms with Crippen LogP contribution in [0.25, 0.3) is 0 Å². The molecule has 0 unspecified atom stereocenters. The molecule has 0 amide bonds. The third kappa shape index (κ3) is 5.84. The Labute approximate surface area is 225 Å². The molecule has 1 aromatic heterocycles. The summed E-state index contributed by atoms with van der Waals surface area (Å²) in [5.74, 6) is -1.04. The first-order valence-corrected chi connectivity index (χ1v) is 14.3. The second kappa shape index (κ2) is 11.8. The van der Waals surface area contributed by atoms with Crippen molar-refractivity contribution in [3.63, 3.8) is 0 Å². The summed E-state index contributed by atoms with van der Waals surface area (Å²) in [4.78, 5) is 5.29. The lowest BCUT2D eigenvalue weighted by Gasteiger charge is -2.37. The molecule has 0 saturated heterocycles. The first-order valence-electron chi connectivity index (χ1n) is 12.1. The highest BCUT2D eigenvalue weighted by Gasteiger charge is 2.33. The molecule has 1 heterocycles. The Morgan fingerprint density at radius 2 is 1.84 bits per heavy atom. The summed E-state index contributed by atoms with van der Waals surface area (Å²) in [6.07, 6.45) is 4.98. The van der Waals surface area contributed by atoms with Crippen molar-refractivity contribution in [2.75, 3.05) is 37.9 Å². The average Bonchev–Trinajstić information content (AvgIpc) is 3.43. The van der Waals surface area contributed by atoms with Gasteiger partial charge in [0.1, 0.15) is 34.4 Å². The Hall–Kier alpha value is -3.03. The number of methoxy groups -OCH3 is 2. The molecule has 0 aliphatic heterocycles. The van der Waals surface area contributed by atoms with Crippen LogP contribution in [0.2, 0.25) is 0 Å². The highest BCUT2D eigenvalue weighted by atomic mass is 32.2. The molecule has 1 saturated carbocycles. The van der Waals surface area contributed by atoms with Gasteiger partial charge in [0.2, 0.25) is 5.13 Å². The molecular formula is C25H31F2N5O4S2. The van der Waals surface area contributed by atoms with Crippen molar-refractivity contribution in [3.05, 3.63) is 53.9 Å². The molecule has 1 aliphatic rings. The molecule has 1 aliphatic carbocycles. The van der Waals surface area contributed by atoms with Gasteiger partial charge in [-0.1, -0.05) is 12.8 Å². The van der Waals surface area contributed by atoms with Crippen LogP contribution in [0.5, 0.6) is 11.5 Å². The van der Waals surface area contributed by atoms with Gasteiger partial charge in [-0.25, -0.2) is 26.5 Å². The summed E-state index contributed by atoms with van der Waals surface area (Å²) in [5.41, 5.74) is 0.401. The predicted molar refractivity (Wildman–Crippen MR) is 143 cm³/mol. The summed E-state index contributed by atoms with van der Waals surface area (Å²) in [6, 6.07) is 6.59. The van der Waals surface area contributed by atoms with E-state index in [4.69, 9.17) is 9.47 Å². The lowest BCUT2D eigenvalue weighted by Crippen LogP contribution is -2.45. The minimum Gasteiger partial charge on any atom is -0.497 e. The van der Waals surface area contributed by atoms with Crippen molar-refractivity contribution in [1.29, 1.82) is 0 Å². The molecule has 4 rings (SSSR count). The van der Waals surface area contributed by atoms with Crippen LogP contribution in [0.4, 0.5) is 19.6 Å². The van der Waals surface area contributed by atoms with Crippen molar-refractivity contribution in [3.8, 4) is 11.5 Å². The van der Waals surface area contributed by atoms with Crippen molar-refractivity contribution >= 4 is 32.4 Å². The molecule has 2 atom stereocenters. The molecule has 1 N–H and O–H groups in total. The maximum Gasteiger partial charge on any atom is 0.269 e. The first kappa shape index (κ1) is 28.0.